The van der Waals surface area contributed by atoms with Crippen molar-refractivity contribution < 1.29 is 19.2 Å². The van der Waals surface area contributed by atoms with Crippen molar-refractivity contribution in [2.75, 3.05) is 5.32 Å². The van der Waals surface area contributed by atoms with Gasteiger partial charge >= 0.3 is 5.97 Å². The number of benzene rings is 2. The highest BCUT2D eigenvalue weighted by Gasteiger charge is 2.21. The van der Waals surface area contributed by atoms with E-state index in [9.17, 15) is 19.7 Å². The molecule has 0 spiro atoms. The number of amides is 1. The highest BCUT2D eigenvalue weighted by atomic mass is 32.1. The maximum atomic E-state index is 12.4. The number of carbonyl (C=O) groups excluding carboxylic acids is 2. The molecule has 2 aromatic carbocycles. The molecule has 3 rings (SSSR count). The Labute approximate surface area is 165 Å². The zero-order valence-corrected chi connectivity index (χ0v) is 16.1. The lowest BCUT2D eigenvalue weighted by Crippen LogP contribution is -2.29. The first kappa shape index (κ1) is 19.5. The molecular formula is C20H18N2O5S. The van der Waals surface area contributed by atoms with Crippen LogP contribution in [0.15, 0.2) is 48.5 Å². The summed E-state index contributed by atoms with van der Waals surface area (Å²) in [6, 6.07) is 13.3. The lowest BCUT2D eigenvalue weighted by molar-refractivity contribution is -0.384. The average Bonchev–Trinajstić information content (AvgIpc) is 3.12. The summed E-state index contributed by atoms with van der Waals surface area (Å²) in [5.41, 5.74) is 1.73. The number of esters is 1. The van der Waals surface area contributed by atoms with Gasteiger partial charge < -0.3 is 10.1 Å². The molecule has 1 heterocycles. The van der Waals surface area contributed by atoms with Gasteiger partial charge in [0.05, 0.1) is 4.92 Å². The highest BCUT2D eigenvalue weighted by Crippen LogP contribution is 2.29. The fourth-order valence-corrected chi connectivity index (χ4v) is 3.51. The van der Waals surface area contributed by atoms with Gasteiger partial charge in [0.25, 0.3) is 11.6 Å². The van der Waals surface area contributed by atoms with E-state index in [0.29, 0.717) is 11.1 Å². The molecule has 0 radical (unpaired) electrons. The normalized spacial score (nSPS) is 11.8. The number of nitro groups is 1. The van der Waals surface area contributed by atoms with Gasteiger partial charge in [-0.2, -0.15) is 0 Å². The molecule has 0 aliphatic rings. The maximum absolute atomic E-state index is 12.4. The minimum Gasteiger partial charge on any atom is -0.448 e. The third kappa shape index (κ3) is 4.34. The predicted molar refractivity (Wildman–Crippen MR) is 108 cm³/mol. The van der Waals surface area contributed by atoms with Crippen molar-refractivity contribution in [2.24, 2.45) is 0 Å². The van der Waals surface area contributed by atoms with E-state index in [1.54, 1.807) is 18.2 Å². The molecule has 0 bridgehead atoms. The first-order valence-corrected chi connectivity index (χ1v) is 9.48. The highest BCUT2D eigenvalue weighted by molar-refractivity contribution is 7.20. The molecule has 1 atom stereocenters. The van der Waals surface area contributed by atoms with Crippen LogP contribution in [0.5, 0.6) is 0 Å². The van der Waals surface area contributed by atoms with E-state index in [2.05, 4.69) is 5.32 Å². The summed E-state index contributed by atoms with van der Waals surface area (Å²) in [6.07, 6.45) is -0.0847. The Morgan fingerprint density at radius 1 is 1.18 bits per heavy atom. The lowest BCUT2D eigenvalue weighted by atomic mass is 10.1. The second kappa shape index (κ2) is 8.18. The molecular weight excluding hydrogens is 380 g/mol. The number of aryl methyl sites for hydroxylation is 1. The molecule has 1 aromatic heterocycles. The van der Waals surface area contributed by atoms with Crippen molar-refractivity contribution >= 4 is 44.7 Å². The van der Waals surface area contributed by atoms with Crippen LogP contribution in [0.3, 0.4) is 0 Å². The summed E-state index contributed by atoms with van der Waals surface area (Å²) in [6.45, 7) is 3.53. The van der Waals surface area contributed by atoms with Crippen molar-refractivity contribution in [1.82, 2.24) is 0 Å². The third-order valence-corrected chi connectivity index (χ3v) is 5.29. The molecule has 0 saturated heterocycles. The quantitative estimate of drug-likeness (QED) is 0.373. The summed E-state index contributed by atoms with van der Waals surface area (Å²) in [4.78, 5) is 35.3. The predicted octanol–water partition coefficient (Wildman–Crippen LogP) is 4.56. The van der Waals surface area contributed by atoms with Gasteiger partial charge in [-0.3, -0.25) is 14.9 Å². The average molecular weight is 398 g/mol. The summed E-state index contributed by atoms with van der Waals surface area (Å²) >= 11 is 1.16. The number of nitro benzene ring substituents is 1. The molecule has 0 saturated carbocycles. The molecule has 3 aromatic rings. The van der Waals surface area contributed by atoms with Crippen LogP contribution in [0.4, 0.5) is 11.4 Å². The SMILES string of the molecule is CCc1ccc(NC(=O)[C@H](C)OC(=O)c2cc3cc([N+](=O)[O-])ccc3s2)cc1. The fraction of sp³-hybridized carbons (Fsp3) is 0.200. The van der Waals surface area contributed by atoms with Crippen LogP contribution < -0.4 is 5.32 Å². The minimum atomic E-state index is -0.988. The van der Waals surface area contributed by atoms with Gasteiger partial charge in [-0.25, -0.2) is 4.79 Å². The number of nitrogens with one attached hydrogen (secondary N) is 1. The monoisotopic (exact) mass is 398 g/mol. The minimum absolute atomic E-state index is 0.0490. The van der Waals surface area contributed by atoms with Crippen LogP contribution in [0, 0.1) is 10.1 Å². The molecule has 28 heavy (non-hydrogen) atoms. The topological polar surface area (TPSA) is 98.5 Å². The van der Waals surface area contributed by atoms with E-state index < -0.39 is 22.9 Å². The zero-order valence-electron chi connectivity index (χ0n) is 15.3. The molecule has 144 valence electrons. The summed E-state index contributed by atoms with van der Waals surface area (Å²) < 4.78 is 5.98. The Morgan fingerprint density at radius 2 is 1.89 bits per heavy atom. The van der Waals surface area contributed by atoms with Crippen LogP contribution in [-0.4, -0.2) is 22.9 Å². The van der Waals surface area contributed by atoms with Gasteiger partial charge in [0.2, 0.25) is 0 Å². The standard InChI is InChI=1S/C20H18N2O5S/c1-3-13-4-6-15(7-5-13)21-19(23)12(2)27-20(24)18-11-14-10-16(22(25)26)8-9-17(14)28-18/h4-12H,3H2,1-2H3,(H,21,23)/t12-/m0/s1. The van der Waals surface area contributed by atoms with Gasteiger partial charge in [0.15, 0.2) is 6.10 Å². The molecule has 1 amide bonds. The molecule has 1 N–H and O–H groups in total. The Morgan fingerprint density at radius 3 is 2.54 bits per heavy atom. The number of non-ortho nitro benzene ring substituents is 1. The molecule has 8 heteroatoms. The first-order valence-electron chi connectivity index (χ1n) is 8.66. The van der Waals surface area contributed by atoms with E-state index in [1.165, 1.54) is 25.1 Å². The number of rotatable bonds is 6. The summed E-state index contributed by atoms with van der Waals surface area (Å²) in [5.74, 6) is -1.08. The first-order chi connectivity index (χ1) is 13.4. The number of carbonyl (C=O) groups is 2. The van der Waals surface area contributed by atoms with E-state index >= 15 is 0 Å². The maximum Gasteiger partial charge on any atom is 0.349 e. The Kier molecular flexibility index (Phi) is 5.70. The zero-order chi connectivity index (χ0) is 20.3. The smallest absolute Gasteiger partial charge is 0.349 e. The fourth-order valence-electron chi connectivity index (χ4n) is 2.58. The van der Waals surface area contributed by atoms with E-state index in [4.69, 9.17) is 4.74 Å². The van der Waals surface area contributed by atoms with Crippen molar-refractivity contribution in [3.05, 3.63) is 69.1 Å². The van der Waals surface area contributed by atoms with Gasteiger partial charge in [-0.05, 0) is 43.2 Å². The molecule has 0 aliphatic heterocycles. The Hall–Kier alpha value is -3.26. The molecule has 0 fully saturated rings. The molecule has 0 aliphatic carbocycles. The van der Waals surface area contributed by atoms with Crippen molar-refractivity contribution in [2.45, 2.75) is 26.4 Å². The second-order valence-electron chi connectivity index (χ2n) is 6.18. The van der Waals surface area contributed by atoms with Crippen LogP contribution in [0.2, 0.25) is 0 Å². The number of hydrogen-bond acceptors (Lipinski definition) is 6. The van der Waals surface area contributed by atoms with E-state index in [0.717, 1.165) is 28.0 Å². The lowest BCUT2D eigenvalue weighted by Gasteiger charge is -2.13. The van der Waals surface area contributed by atoms with Crippen LogP contribution in [0.25, 0.3) is 10.1 Å². The van der Waals surface area contributed by atoms with Crippen molar-refractivity contribution in [3.8, 4) is 0 Å². The summed E-state index contributed by atoms with van der Waals surface area (Å²) in [7, 11) is 0. The van der Waals surface area contributed by atoms with Crippen LogP contribution in [-0.2, 0) is 16.0 Å². The number of ether oxygens (including phenoxy) is 1. The van der Waals surface area contributed by atoms with Crippen LogP contribution >= 0.6 is 11.3 Å². The largest absolute Gasteiger partial charge is 0.448 e. The molecule has 0 unspecified atom stereocenters. The van der Waals surface area contributed by atoms with E-state index in [-0.39, 0.29) is 10.6 Å². The number of fused-ring (bicyclic) bond motifs is 1. The van der Waals surface area contributed by atoms with Crippen LogP contribution in [0.1, 0.15) is 29.1 Å². The Bertz CT molecular complexity index is 1040. The number of anilines is 1. The number of hydrogen-bond donors (Lipinski definition) is 1. The van der Waals surface area contributed by atoms with Gasteiger partial charge in [-0.15, -0.1) is 11.3 Å². The van der Waals surface area contributed by atoms with Crippen molar-refractivity contribution in [3.63, 3.8) is 0 Å². The van der Waals surface area contributed by atoms with Crippen molar-refractivity contribution in [1.29, 1.82) is 0 Å². The van der Waals surface area contributed by atoms with Gasteiger partial charge in [-0.1, -0.05) is 19.1 Å². The second-order valence-corrected chi connectivity index (χ2v) is 7.26. The third-order valence-electron chi connectivity index (χ3n) is 4.19. The number of thiophene rings is 1. The van der Waals surface area contributed by atoms with Gasteiger partial charge in [0, 0.05) is 27.9 Å². The van der Waals surface area contributed by atoms with Gasteiger partial charge in [0.1, 0.15) is 4.88 Å². The Balaban J connectivity index is 1.66. The van der Waals surface area contributed by atoms with E-state index in [1.807, 2.05) is 19.1 Å². The molecule has 7 nitrogen and oxygen atoms in total. The summed E-state index contributed by atoms with van der Waals surface area (Å²) in [5, 5.41) is 14.2. The number of nitrogens with zero attached hydrogens (tertiary/aromatic N) is 1.